The Labute approximate surface area is 173 Å². The Morgan fingerprint density at radius 2 is 1.83 bits per heavy atom. The number of amides is 2. The van der Waals surface area contributed by atoms with E-state index in [1.54, 1.807) is 24.3 Å². The molecule has 10 heteroatoms. The van der Waals surface area contributed by atoms with Gasteiger partial charge in [-0.2, -0.15) is 0 Å². The third-order valence-corrected chi connectivity index (χ3v) is 5.52. The molecule has 0 atom stereocenters. The lowest BCUT2D eigenvalue weighted by atomic mass is 10.2. The molecule has 0 radical (unpaired) electrons. The molecule has 8 nitrogen and oxygen atoms in total. The van der Waals surface area contributed by atoms with Crippen LogP contribution < -0.4 is 10.6 Å². The van der Waals surface area contributed by atoms with Crippen molar-refractivity contribution in [2.24, 2.45) is 0 Å². The number of anilines is 1. The summed E-state index contributed by atoms with van der Waals surface area (Å²) < 4.78 is 6.46. The summed E-state index contributed by atoms with van der Waals surface area (Å²) in [6, 6.07) is 16.5. The van der Waals surface area contributed by atoms with Gasteiger partial charge in [-0.25, -0.2) is 4.98 Å². The summed E-state index contributed by atoms with van der Waals surface area (Å²) in [5.41, 5.74) is 1.40. The smallest absolute Gasteiger partial charge is 0.277 e. The van der Waals surface area contributed by atoms with Crippen molar-refractivity contribution in [3.63, 3.8) is 0 Å². The minimum absolute atomic E-state index is 0.105. The molecule has 0 aliphatic carbocycles. The third-order valence-electron chi connectivity index (χ3n) is 3.75. The quantitative estimate of drug-likeness (QED) is 0.437. The standard InChI is InChI=1S/C19H15N5O3S2/c25-15(22-18-21-13-8-4-5-9-14(13)29-18)11-28-19-24-23-16(27-19)10-20-17(26)12-6-2-1-3-7-12/h1-9H,10-11H2,(H,20,26)(H,21,22,25). The van der Waals surface area contributed by atoms with Crippen molar-refractivity contribution in [1.82, 2.24) is 20.5 Å². The number of nitrogens with one attached hydrogen (secondary N) is 2. The number of para-hydroxylation sites is 1. The normalized spacial score (nSPS) is 10.8. The average Bonchev–Trinajstić information content (AvgIpc) is 3.37. The van der Waals surface area contributed by atoms with Gasteiger partial charge in [0, 0.05) is 5.56 Å². The SMILES string of the molecule is O=C(CSc1nnc(CNC(=O)c2ccccc2)o1)Nc1nc2ccccc2s1. The number of aromatic nitrogens is 3. The topological polar surface area (TPSA) is 110 Å². The van der Waals surface area contributed by atoms with Gasteiger partial charge in [0.2, 0.25) is 11.8 Å². The summed E-state index contributed by atoms with van der Waals surface area (Å²) in [4.78, 5) is 28.5. The van der Waals surface area contributed by atoms with E-state index in [-0.39, 0.29) is 35.2 Å². The second-order valence-corrected chi connectivity index (χ2v) is 7.79. The molecule has 0 saturated heterocycles. The highest BCUT2D eigenvalue weighted by Gasteiger charge is 2.13. The first kappa shape index (κ1) is 19.1. The van der Waals surface area contributed by atoms with Gasteiger partial charge in [0.05, 0.1) is 22.5 Å². The molecule has 2 N–H and O–H groups in total. The lowest BCUT2D eigenvalue weighted by Gasteiger charge is -2.01. The maximum atomic E-state index is 12.1. The molecule has 2 amide bonds. The zero-order chi connectivity index (χ0) is 20.1. The Balaban J connectivity index is 1.25. The molecule has 0 bridgehead atoms. The highest BCUT2D eigenvalue weighted by molar-refractivity contribution is 7.99. The van der Waals surface area contributed by atoms with E-state index in [0.717, 1.165) is 22.0 Å². The maximum Gasteiger partial charge on any atom is 0.277 e. The molecule has 4 rings (SSSR count). The highest BCUT2D eigenvalue weighted by Crippen LogP contribution is 2.25. The van der Waals surface area contributed by atoms with Crippen LogP contribution in [-0.4, -0.2) is 32.7 Å². The van der Waals surface area contributed by atoms with Crippen LogP contribution in [-0.2, 0) is 11.3 Å². The molecule has 4 aromatic rings. The van der Waals surface area contributed by atoms with E-state index in [0.29, 0.717) is 10.7 Å². The lowest BCUT2D eigenvalue weighted by Crippen LogP contribution is -2.22. The zero-order valence-electron chi connectivity index (χ0n) is 15.0. The summed E-state index contributed by atoms with van der Waals surface area (Å²) >= 11 is 2.53. The third kappa shape index (κ3) is 4.98. The van der Waals surface area contributed by atoms with E-state index in [1.165, 1.54) is 11.3 Å². The van der Waals surface area contributed by atoms with Crippen molar-refractivity contribution in [1.29, 1.82) is 0 Å². The summed E-state index contributed by atoms with van der Waals surface area (Å²) in [5, 5.41) is 14.0. The summed E-state index contributed by atoms with van der Waals surface area (Å²) in [6.07, 6.45) is 0. The van der Waals surface area contributed by atoms with Crippen LogP contribution in [0, 0.1) is 0 Å². The molecule has 0 aliphatic heterocycles. The average molecular weight is 425 g/mol. The predicted octanol–water partition coefficient (Wildman–Crippen LogP) is 3.34. The van der Waals surface area contributed by atoms with Crippen LogP contribution in [0.15, 0.2) is 64.2 Å². The Morgan fingerprint density at radius 3 is 2.66 bits per heavy atom. The molecular weight excluding hydrogens is 410 g/mol. The van der Waals surface area contributed by atoms with Gasteiger partial charge in [-0.15, -0.1) is 10.2 Å². The van der Waals surface area contributed by atoms with Crippen LogP contribution in [0.4, 0.5) is 5.13 Å². The lowest BCUT2D eigenvalue weighted by molar-refractivity contribution is -0.113. The predicted molar refractivity (Wildman–Crippen MR) is 111 cm³/mol. The van der Waals surface area contributed by atoms with E-state index in [1.807, 2.05) is 30.3 Å². The Bertz CT molecular complexity index is 1110. The van der Waals surface area contributed by atoms with Crippen LogP contribution >= 0.6 is 23.1 Å². The van der Waals surface area contributed by atoms with Gasteiger partial charge in [-0.1, -0.05) is 53.4 Å². The zero-order valence-corrected chi connectivity index (χ0v) is 16.6. The van der Waals surface area contributed by atoms with Gasteiger partial charge in [-0.05, 0) is 24.3 Å². The second kappa shape index (κ2) is 8.84. The molecular formula is C19H15N5O3S2. The van der Waals surface area contributed by atoms with E-state index in [9.17, 15) is 9.59 Å². The Hall–Kier alpha value is -3.24. The number of thiazole rings is 1. The minimum atomic E-state index is -0.229. The number of hydrogen-bond donors (Lipinski definition) is 2. The molecule has 2 heterocycles. The van der Waals surface area contributed by atoms with Crippen molar-refractivity contribution in [3.8, 4) is 0 Å². The first-order valence-corrected chi connectivity index (χ1v) is 10.4. The van der Waals surface area contributed by atoms with E-state index < -0.39 is 0 Å². The number of fused-ring (bicyclic) bond motifs is 1. The van der Waals surface area contributed by atoms with Crippen molar-refractivity contribution in [2.45, 2.75) is 11.8 Å². The highest BCUT2D eigenvalue weighted by atomic mass is 32.2. The first-order chi connectivity index (χ1) is 14.2. The molecule has 0 unspecified atom stereocenters. The number of hydrogen-bond acceptors (Lipinski definition) is 8. The largest absolute Gasteiger partial charge is 0.414 e. The van der Waals surface area contributed by atoms with Crippen molar-refractivity contribution in [3.05, 3.63) is 66.1 Å². The first-order valence-electron chi connectivity index (χ1n) is 8.61. The van der Waals surface area contributed by atoms with Crippen LogP contribution in [0.3, 0.4) is 0 Å². The molecule has 146 valence electrons. The van der Waals surface area contributed by atoms with Crippen LogP contribution in [0.5, 0.6) is 0 Å². The van der Waals surface area contributed by atoms with E-state index in [4.69, 9.17) is 4.42 Å². The van der Waals surface area contributed by atoms with Gasteiger partial charge in [0.15, 0.2) is 5.13 Å². The van der Waals surface area contributed by atoms with Gasteiger partial charge in [-0.3, -0.25) is 9.59 Å². The second-order valence-electron chi connectivity index (χ2n) is 5.83. The fraction of sp³-hybridized carbons (Fsp3) is 0.105. The summed E-state index contributed by atoms with van der Waals surface area (Å²) in [7, 11) is 0. The summed E-state index contributed by atoms with van der Waals surface area (Å²) in [5.74, 6) is -0.0729. The van der Waals surface area contributed by atoms with Gasteiger partial charge in [0.25, 0.3) is 11.1 Å². The molecule has 0 fully saturated rings. The van der Waals surface area contributed by atoms with Crippen molar-refractivity contribution in [2.75, 3.05) is 11.1 Å². The Morgan fingerprint density at radius 1 is 1.03 bits per heavy atom. The van der Waals surface area contributed by atoms with Crippen LogP contribution in [0.2, 0.25) is 0 Å². The van der Waals surface area contributed by atoms with Crippen molar-refractivity contribution >= 4 is 50.3 Å². The number of rotatable bonds is 7. The number of carbonyl (C=O) groups excluding carboxylic acids is 2. The van der Waals surface area contributed by atoms with E-state index >= 15 is 0 Å². The van der Waals surface area contributed by atoms with Crippen molar-refractivity contribution < 1.29 is 14.0 Å². The number of thioether (sulfide) groups is 1. The van der Waals surface area contributed by atoms with Gasteiger partial charge >= 0.3 is 0 Å². The number of nitrogens with zero attached hydrogens (tertiary/aromatic N) is 3. The van der Waals surface area contributed by atoms with Gasteiger partial charge in [0.1, 0.15) is 0 Å². The molecule has 0 aliphatic rings. The maximum absolute atomic E-state index is 12.1. The summed E-state index contributed by atoms with van der Waals surface area (Å²) in [6.45, 7) is 0.110. The molecule has 29 heavy (non-hydrogen) atoms. The van der Waals surface area contributed by atoms with E-state index in [2.05, 4.69) is 25.8 Å². The molecule has 0 saturated carbocycles. The monoisotopic (exact) mass is 425 g/mol. The minimum Gasteiger partial charge on any atom is -0.414 e. The number of benzene rings is 2. The molecule has 0 spiro atoms. The molecule has 2 aromatic heterocycles. The fourth-order valence-electron chi connectivity index (χ4n) is 2.42. The molecule has 2 aromatic carbocycles. The number of carbonyl (C=O) groups is 2. The van der Waals surface area contributed by atoms with Crippen LogP contribution in [0.25, 0.3) is 10.2 Å². The Kier molecular flexibility index (Phi) is 5.82. The van der Waals surface area contributed by atoms with Crippen LogP contribution in [0.1, 0.15) is 16.2 Å². The van der Waals surface area contributed by atoms with Gasteiger partial charge < -0.3 is 15.1 Å². The fourth-order valence-corrected chi connectivity index (χ4v) is 3.89.